The maximum Gasteiger partial charge on any atom is 1.00 e. The molecule has 0 aliphatic carbocycles. The molecule has 0 fully saturated rings. The van der Waals surface area contributed by atoms with Crippen LogP contribution in [0.3, 0.4) is 0 Å². The molecule has 2 aromatic heterocycles. The number of H-pyrrole nitrogens is 1. The molecule has 0 saturated heterocycles. The Bertz CT molecular complexity index is 487. The summed E-state index contributed by atoms with van der Waals surface area (Å²) in [7, 11) is 1.73. The van der Waals surface area contributed by atoms with Crippen molar-refractivity contribution >= 4 is 11.0 Å². The molecule has 0 radical (unpaired) electrons. The van der Waals surface area contributed by atoms with Gasteiger partial charge in [-0.2, -0.15) is 0 Å². The molecule has 0 amide bonds. The number of aromatic nitrogens is 4. The predicted molar refractivity (Wildman–Crippen MR) is 42.7 cm³/mol. The fourth-order valence-corrected chi connectivity index (χ4v) is 1.08. The van der Waals surface area contributed by atoms with Crippen molar-refractivity contribution in [2.75, 3.05) is 0 Å². The normalized spacial score (nSPS) is 10.0. The van der Waals surface area contributed by atoms with Crippen molar-refractivity contribution in [2.24, 2.45) is 7.05 Å². The van der Waals surface area contributed by atoms with E-state index in [1.165, 1.54) is 4.68 Å². The van der Waals surface area contributed by atoms with Crippen LogP contribution in [0.4, 0.5) is 0 Å². The molecule has 0 aliphatic heterocycles. The van der Waals surface area contributed by atoms with Gasteiger partial charge in [-0.3, -0.25) is 10.1 Å². The number of rotatable bonds is 0. The van der Waals surface area contributed by atoms with Crippen LogP contribution in [0.2, 0.25) is 0 Å². The molecule has 2 aromatic rings. The molecule has 1 N–H and O–H groups in total. The Balaban J connectivity index is 0.000000845. The molecule has 2 rings (SSSR count). The van der Waals surface area contributed by atoms with Gasteiger partial charge in [0.15, 0.2) is 0 Å². The maximum absolute atomic E-state index is 11.2. The van der Waals surface area contributed by atoms with Gasteiger partial charge in [0.25, 0.3) is 0 Å². The second-order valence-electron chi connectivity index (χ2n) is 2.59. The average molecular weight is 249 g/mol. The van der Waals surface area contributed by atoms with Crippen LogP contribution in [0.25, 0.3) is 11.0 Å². The molecule has 0 aliphatic rings. The molecule has 5 nitrogen and oxygen atoms in total. The minimum absolute atomic E-state index is 0. The number of nitrogens with one attached hydrogen (secondary N) is 1. The fraction of sp³-hybridized carbons (Fsp3) is 0.286. The fourth-order valence-electron chi connectivity index (χ4n) is 1.08. The summed E-state index contributed by atoms with van der Waals surface area (Å²) < 4.78 is 1.53. The van der Waals surface area contributed by atoms with Gasteiger partial charge in [-0.25, -0.2) is 0 Å². The molecular weight excluding hydrogens is 242 g/mol. The van der Waals surface area contributed by atoms with Crippen molar-refractivity contribution in [2.45, 2.75) is 6.92 Å². The van der Waals surface area contributed by atoms with Crippen molar-refractivity contribution in [3.05, 3.63) is 22.4 Å². The van der Waals surface area contributed by atoms with Crippen molar-refractivity contribution in [1.82, 2.24) is 19.7 Å². The summed E-state index contributed by atoms with van der Waals surface area (Å²) in [6.07, 6.45) is 2.59. The SMILES string of the molecule is Cc1nc2c([c-]nn2C)c(=O)[nH]1.[Rb+]. The van der Waals surface area contributed by atoms with Crippen LogP contribution in [0, 0.1) is 13.1 Å². The number of hydrogen-bond acceptors (Lipinski definition) is 3. The van der Waals surface area contributed by atoms with E-state index in [1.54, 1.807) is 14.0 Å². The summed E-state index contributed by atoms with van der Waals surface area (Å²) in [5, 5.41) is 4.21. The van der Waals surface area contributed by atoms with E-state index in [-0.39, 0.29) is 63.7 Å². The van der Waals surface area contributed by atoms with E-state index in [1.807, 2.05) is 0 Å². The van der Waals surface area contributed by atoms with Gasteiger partial charge in [-0.15, -0.1) is 0 Å². The Labute approximate surface area is 123 Å². The Morgan fingerprint density at radius 1 is 1.54 bits per heavy atom. The molecule has 0 bridgehead atoms. The molecule has 0 spiro atoms. The van der Waals surface area contributed by atoms with Gasteiger partial charge in [0, 0.05) is 7.05 Å². The first-order chi connectivity index (χ1) is 5.68. The van der Waals surface area contributed by atoms with E-state index < -0.39 is 0 Å². The zero-order valence-electron chi connectivity index (χ0n) is 7.75. The van der Waals surface area contributed by atoms with E-state index in [0.29, 0.717) is 16.9 Å². The quantitative estimate of drug-likeness (QED) is 0.499. The van der Waals surface area contributed by atoms with Crippen LogP contribution >= 0.6 is 0 Å². The van der Waals surface area contributed by atoms with Gasteiger partial charge < -0.3 is 14.5 Å². The van der Waals surface area contributed by atoms with Gasteiger partial charge in [-0.05, 0) is 13.1 Å². The molecular formula is C7H7N4ORb. The minimum atomic E-state index is -0.189. The van der Waals surface area contributed by atoms with Gasteiger partial charge in [-0.1, -0.05) is 5.39 Å². The first-order valence-electron chi connectivity index (χ1n) is 3.50. The molecule has 2 heterocycles. The van der Waals surface area contributed by atoms with Crippen molar-refractivity contribution < 1.29 is 58.2 Å². The van der Waals surface area contributed by atoms with E-state index >= 15 is 0 Å². The number of aryl methyl sites for hydroxylation is 2. The Morgan fingerprint density at radius 2 is 2.23 bits per heavy atom. The van der Waals surface area contributed by atoms with Crippen LogP contribution in [-0.4, -0.2) is 19.7 Å². The van der Waals surface area contributed by atoms with E-state index in [4.69, 9.17) is 0 Å². The standard InChI is InChI=1S/C7H7N4O.Rb/c1-4-9-6-5(7(12)10-4)3-8-11(6)2;/h1-2H3,(H,9,10,12);/q-1;+1. The van der Waals surface area contributed by atoms with Crippen LogP contribution in [0.5, 0.6) is 0 Å². The molecule has 13 heavy (non-hydrogen) atoms. The third-order valence-electron chi connectivity index (χ3n) is 1.64. The predicted octanol–water partition coefficient (Wildman–Crippen LogP) is -3.23. The summed E-state index contributed by atoms with van der Waals surface area (Å²) >= 11 is 0. The first kappa shape index (κ1) is 11.2. The third-order valence-corrected chi connectivity index (χ3v) is 1.64. The van der Waals surface area contributed by atoms with Crippen LogP contribution in [0.15, 0.2) is 4.79 Å². The number of fused-ring (bicyclic) bond motifs is 1. The van der Waals surface area contributed by atoms with Crippen LogP contribution in [0.1, 0.15) is 5.82 Å². The van der Waals surface area contributed by atoms with Gasteiger partial charge in [0.1, 0.15) is 5.56 Å². The number of nitrogens with zero attached hydrogens (tertiary/aromatic N) is 3. The van der Waals surface area contributed by atoms with Gasteiger partial charge in [0.05, 0.1) is 11.5 Å². The summed E-state index contributed by atoms with van der Waals surface area (Å²) in [4.78, 5) is 17.9. The minimum Gasteiger partial charge on any atom is -0.365 e. The van der Waals surface area contributed by atoms with E-state index in [9.17, 15) is 4.79 Å². The summed E-state index contributed by atoms with van der Waals surface area (Å²) in [5.74, 6) is 0.588. The zero-order chi connectivity index (χ0) is 8.72. The molecule has 62 valence electrons. The zero-order valence-corrected chi connectivity index (χ0v) is 12.7. The Hall–Kier alpha value is 0.155. The largest absolute Gasteiger partial charge is 1.00 e. The van der Waals surface area contributed by atoms with Gasteiger partial charge >= 0.3 is 58.2 Å². The maximum atomic E-state index is 11.2. The molecule has 6 heteroatoms. The van der Waals surface area contributed by atoms with Crippen LogP contribution in [-0.2, 0) is 7.05 Å². The van der Waals surface area contributed by atoms with Crippen molar-refractivity contribution in [1.29, 1.82) is 0 Å². The Morgan fingerprint density at radius 3 is 2.92 bits per heavy atom. The third kappa shape index (κ3) is 1.98. The second-order valence-corrected chi connectivity index (χ2v) is 2.59. The van der Waals surface area contributed by atoms with Gasteiger partial charge in [0.2, 0.25) is 0 Å². The second kappa shape index (κ2) is 4.12. The number of hydrogen-bond donors (Lipinski definition) is 1. The number of aromatic amines is 1. The first-order valence-corrected chi connectivity index (χ1v) is 3.50. The molecule has 0 saturated carbocycles. The van der Waals surface area contributed by atoms with Crippen LogP contribution < -0.4 is 63.7 Å². The smallest absolute Gasteiger partial charge is 0.365 e. The van der Waals surface area contributed by atoms with Crippen molar-refractivity contribution in [3.8, 4) is 0 Å². The molecule has 0 aromatic carbocycles. The van der Waals surface area contributed by atoms with E-state index in [2.05, 4.69) is 21.3 Å². The summed E-state index contributed by atoms with van der Waals surface area (Å²) in [6, 6.07) is 0. The topological polar surface area (TPSA) is 63.6 Å². The molecule has 0 unspecified atom stereocenters. The van der Waals surface area contributed by atoms with E-state index in [0.717, 1.165) is 0 Å². The Kier molecular flexibility index (Phi) is 3.56. The molecule has 0 atom stereocenters. The monoisotopic (exact) mass is 248 g/mol. The average Bonchev–Trinajstić information content (AvgIpc) is 2.33. The summed E-state index contributed by atoms with van der Waals surface area (Å²) in [5.41, 5.74) is 0.377. The van der Waals surface area contributed by atoms with Crippen molar-refractivity contribution in [3.63, 3.8) is 0 Å². The summed E-state index contributed by atoms with van der Waals surface area (Å²) in [6.45, 7) is 1.73.